The van der Waals surface area contributed by atoms with E-state index < -0.39 is 4.75 Å². The molecule has 0 fully saturated rings. The van der Waals surface area contributed by atoms with E-state index >= 15 is 0 Å². The molecule has 0 bridgehead atoms. The maximum atomic E-state index is 12.0. The molecule has 0 amide bonds. The van der Waals surface area contributed by atoms with Crippen LogP contribution in [0.15, 0.2) is 29.4 Å². The number of carbonyl (C=O) groups excluding carboxylic acids is 1. The zero-order chi connectivity index (χ0) is 16.9. The Balaban J connectivity index is 2.00. The number of benzene rings is 1. The summed E-state index contributed by atoms with van der Waals surface area (Å²) in [6.07, 6.45) is 0. The highest BCUT2D eigenvalue weighted by Gasteiger charge is 2.35. The molecule has 0 atom stereocenters. The highest BCUT2D eigenvalue weighted by Crippen LogP contribution is 2.29. The van der Waals surface area contributed by atoms with Gasteiger partial charge in [0.05, 0.1) is 20.3 Å². The molecule has 8 heteroatoms. The lowest BCUT2D eigenvalue weighted by Crippen LogP contribution is -2.41. The largest absolute Gasteiger partial charge is 0.497 e. The second-order valence-corrected chi connectivity index (χ2v) is 6.97. The average molecular weight is 338 g/mol. The van der Waals surface area contributed by atoms with E-state index in [0.29, 0.717) is 18.3 Å². The summed E-state index contributed by atoms with van der Waals surface area (Å²) in [7, 11) is 1.64. The van der Waals surface area contributed by atoms with Crippen LogP contribution >= 0.6 is 11.8 Å². The number of thioether (sulfide) groups is 1. The Kier molecular flexibility index (Phi) is 5.73. The number of esters is 1. The Labute approximate surface area is 140 Å². The molecule has 0 saturated heterocycles. The maximum absolute atomic E-state index is 12.0. The van der Waals surface area contributed by atoms with Crippen LogP contribution < -0.4 is 15.8 Å². The molecule has 0 aliphatic carbocycles. The van der Waals surface area contributed by atoms with Gasteiger partial charge in [-0.3, -0.25) is 9.80 Å². The number of hydrogen-bond acceptors (Lipinski definition) is 8. The van der Waals surface area contributed by atoms with Crippen LogP contribution in [-0.2, 0) is 16.1 Å². The van der Waals surface area contributed by atoms with Crippen LogP contribution in [0, 0.1) is 0 Å². The Morgan fingerprint density at radius 2 is 2.04 bits per heavy atom. The number of amidine groups is 1. The summed E-state index contributed by atoms with van der Waals surface area (Å²) < 4.78 is 9.54. The number of hydrazone groups is 1. The van der Waals surface area contributed by atoms with E-state index in [9.17, 15) is 4.79 Å². The smallest absolute Gasteiger partial charge is 0.322 e. The van der Waals surface area contributed by atoms with Gasteiger partial charge in [0.25, 0.3) is 0 Å². The molecule has 2 rings (SSSR count). The van der Waals surface area contributed by atoms with Crippen molar-refractivity contribution in [3.63, 3.8) is 0 Å². The van der Waals surface area contributed by atoms with Crippen LogP contribution in [0.4, 0.5) is 0 Å². The molecule has 1 aliphatic heterocycles. The standard InChI is InChI=1S/C15H22N4O3S/c1-5-22-13(20)15(2,3)23-14-16-17-18-19(14)10-11-6-8-12(21-4)9-7-11/h6-9,17-18H,5,10H2,1-4H3. The van der Waals surface area contributed by atoms with E-state index in [0.717, 1.165) is 11.3 Å². The summed E-state index contributed by atoms with van der Waals surface area (Å²) in [5, 5.41) is 6.71. The molecular weight excluding hydrogens is 316 g/mol. The first kappa shape index (κ1) is 17.4. The van der Waals surface area contributed by atoms with Crippen molar-refractivity contribution in [2.45, 2.75) is 32.1 Å². The SMILES string of the molecule is CCOC(=O)C(C)(C)SC1=NNNN1Cc1ccc(OC)cc1. The molecule has 0 radical (unpaired) electrons. The minimum Gasteiger partial charge on any atom is -0.497 e. The van der Waals surface area contributed by atoms with Crippen LogP contribution in [0.25, 0.3) is 0 Å². The van der Waals surface area contributed by atoms with Crippen molar-refractivity contribution in [1.29, 1.82) is 0 Å². The third kappa shape index (κ3) is 4.52. The lowest BCUT2D eigenvalue weighted by Gasteiger charge is -2.25. The van der Waals surface area contributed by atoms with Crippen molar-refractivity contribution < 1.29 is 14.3 Å². The highest BCUT2D eigenvalue weighted by atomic mass is 32.2. The zero-order valence-corrected chi connectivity index (χ0v) is 14.6. The summed E-state index contributed by atoms with van der Waals surface area (Å²) >= 11 is 1.34. The first-order valence-electron chi connectivity index (χ1n) is 7.31. The van der Waals surface area contributed by atoms with E-state index in [1.54, 1.807) is 14.0 Å². The van der Waals surface area contributed by atoms with Gasteiger partial charge in [0.1, 0.15) is 10.5 Å². The third-order valence-electron chi connectivity index (χ3n) is 3.18. The number of hydrazine groups is 2. The molecule has 2 N–H and O–H groups in total. The van der Waals surface area contributed by atoms with Gasteiger partial charge in [-0.15, -0.1) is 10.6 Å². The number of carbonyl (C=O) groups is 1. The van der Waals surface area contributed by atoms with Gasteiger partial charge < -0.3 is 9.47 Å². The second kappa shape index (κ2) is 7.56. The van der Waals surface area contributed by atoms with E-state index in [4.69, 9.17) is 9.47 Å². The number of rotatable bonds is 6. The predicted molar refractivity (Wildman–Crippen MR) is 90.5 cm³/mol. The van der Waals surface area contributed by atoms with Crippen molar-refractivity contribution in [1.82, 2.24) is 16.1 Å². The topological polar surface area (TPSA) is 75.2 Å². The van der Waals surface area contributed by atoms with Crippen LogP contribution in [0.1, 0.15) is 26.3 Å². The van der Waals surface area contributed by atoms with Crippen molar-refractivity contribution in [2.75, 3.05) is 13.7 Å². The molecule has 0 unspecified atom stereocenters. The fourth-order valence-electron chi connectivity index (χ4n) is 1.91. The molecule has 0 spiro atoms. The second-order valence-electron chi connectivity index (χ2n) is 5.39. The van der Waals surface area contributed by atoms with Gasteiger partial charge in [-0.1, -0.05) is 23.9 Å². The first-order valence-corrected chi connectivity index (χ1v) is 8.13. The predicted octanol–water partition coefficient (Wildman–Crippen LogP) is 1.87. The molecule has 1 aliphatic rings. The molecule has 1 aromatic carbocycles. The number of hydrogen-bond donors (Lipinski definition) is 2. The van der Waals surface area contributed by atoms with E-state index in [1.165, 1.54) is 11.8 Å². The molecule has 23 heavy (non-hydrogen) atoms. The molecular formula is C15H22N4O3S. The summed E-state index contributed by atoms with van der Waals surface area (Å²) in [4.78, 5) is 12.0. The van der Waals surface area contributed by atoms with Crippen molar-refractivity contribution in [2.24, 2.45) is 5.10 Å². The van der Waals surface area contributed by atoms with Gasteiger partial charge in [-0.05, 0) is 38.5 Å². The van der Waals surface area contributed by atoms with E-state index in [1.807, 2.05) is 43.1 Å². The Morgan fingerprint density at radius 3 is 2.65 bits per heavy atom. The van der Waals surface area contributed by atoms with Crippen molar-refractivity contribution in [3.8, 4) is 5.75 Å². The number of nitrogens with zero attached hydrogens (tertiary/aromatic N) is 2. The fourth-order valence-corrected chi connectivity index (χ4v) is 2.83. The van der Waals surface area contributed by atoms with Gasteiger partial charge in [0, 0.05) is 0 Å². The van der Waals surface area contributed by atoms with Crippen LogP contribution in [-0.4, -0.2) is 34.6 Å². The molecule has 0 aromatic heterocycles. The Hall–Kier alpha value is -1.93. The number of methoxy groups -OCH3 is 1. The lowest BCUT2D eigenvalue weighted by molar-refractivity contribution is -0.145. The summed E-state index contributed by atoms with van der Waals surface area (Å²) in [5.41, 5.74) is 6.76. The Morgan fingerprint density at radius 1 is 1.35 bits per heavy atom. The van der Waals surface area contributed by atoms with Crippen molar-refractivity contribution >= 4 is 22.9 Å². The molecule has 0 saturated carbocycles. The van der Waals surface area contributed by atoms with Gasteiger partial charge in [-0.2, -0.15) is 0 Å². The minimum absolute atomic E-state index is 0.260. The molecule has 1 heterocycles. The third-order valence-corrected chi connectivity index (χ3v) is 4.35. The van der Waals surface area contributed by atoms with Gasteiger partial charge in [0.15, 0.2) is 0 Å². The quantitative estimate of drug-likeness (QED) is 0.767. The van der Waals surface area contributed by atoms with E-state index in [-0.39, 0.29) is 5.97 Å². The normalized spacial score (nSPS) is 14.3. The molecule has 1 aromatic rings. The number of ether oxygens (including phenoxy) is 2. The van der Waals surface area contributed by atoms with Crippen LogP contribution in [0.2, 0.25) is 0 Å². The van der Waals surface area contributed by atoms with E-state index in [2.05, 4.69) is 16.2 Å². The highest BCUT2D eigenvalue weighted by molar-refractivity contribution is 8.15. The van der Waals surface area contributed by atoms with Crippen LogP contribution in [0.5, 0.6) is 5.75 Å². The van der Waals surface area contributed by atoms with Crippen LogP contribution in [0.3, 0.4) is 0 Å². The Bertz CT molecular complexity index is 575. The first-order chi connectivity index (χ1) is 11.0. The van der Waals surface area contributed by atoms with Gasteiger partial charge in [0.2, 0.25) is 5.17 Å². The molecule has 126 valence electrons. The maximum Gasteiger partial charge on any atom is 0.322 e. The molecule has 7 nitrogen and oxygen atoms in total. The van der Waals surface area contributed by atoms with Gasteiger partial charge >= 0.3 is 5.97 Å². The monoisotopic (exact) mass is 338 g/mol. The summed E-state index contributed by atoms with van der Waals surface area (Å²) in [5.74, 6) is 0.553. The summed E-state index contributed by atoms with van der Waals surface area (Å²) in [6.45, 7) is 6.40. The van der Waals surface area contributed by atoms with Gasteiger partial charge in [-0.25, -0.2) is 5.53 Å². The summed E-state index contributed by atoms with van der Waals surface area (Å²) in [6, 6.07) is 7.78. The number of nitrogens with one attached hydrogen (secondary N) is 2. The van der Waals surface area contributed by atoms with Crippen molar-refractivity contribution in [3.05, 3.63) is 29.8 Å². The average Bonchev–Trinajstić information content (AvgIpc) is 2.94. The lowest BCUT2D eigenvalue weighted by atomic mass is 10.2. The minimum atomic E-state index is -0.722. The zero-order valence-electron chi connectivity index (χ0n) is 13.8. The fraction of sp³-hybridized carbons (Fsp3) is 0.467.